The predicted octanol–water partition coefficient (Wildman–Crippen LogP) is 2.07. The number of anilines is 1. The van der Waals surface area contributed by atoms with Gasteiger partial charge in [0.05, 0.1) is 13.2 Å². The van der Waals surface area contributed by atoms with Crippen LogP contribution in [0.4, 0.5) is 10.1 Å². The Labute approximate surface area is 157 Å². The van der Waals surface area contributed by atoms with E-state index in [2.05, 4.69) is 16.0 Å². The zero-order valence-corrected chi connectivity index (χ0v) is 14.8. The zero-order valence-electron chi connectivity index (χ0n) is 14.8. The Morgan fingerprint density at radius 3 is 2.63 bits per heavy atom. The Hall–Kier alpha value is -2.77. The van der Waals surface area contributed by atoms with Crippen molar-refractivity contribution in [2.45, 2.75) is 19.0 Å². The summed E-state index contributed by atoms with van der Waals surface area (Å²) >= 11 is 0. The minimum atomic E-state index is -0.353. The Balaban J connectivity index is 1.49. The van der Waals surface area contributed by atoms with Gasteiger partial charge in [-0.3, -0.25) is 9.59 Å². The average Bonchev–Trinajstić information content (AvgIpc) is 2.68. The number of nitrogens with one attached hydrogen (secondary N) is 3. The number of benzene rings is 2. The van der Waals surface area contributed by atoms with E-state index in [0.29, 0.717) is 36.4 Å². The first-order valence-electron chi connectivity index (χ1n) is 8.84. The number of carbonyl (C=O) groups excluding carboxylic acids is 2. The topological polar surface area (TPSA) is 79.5 Å². The highest BCUT2D eigenvalue weighted by Gasteiger charge is 2.17. The average molecular weight is 371 g/mol. The van der Waals surface area contributed by atoms with Gasteiger partial charge < -0.3 is 20.7 Å². The van der Waals surface area contributed by atoms with E-state index in [1.807, 2.05) is 0 Å². The Kier molecular flexibility index (Phi) is 6.51. The fourth-order valence-electron chi connectivity index (χ4n) is 2.81. The van der Waals surface area contributed by atoms with Crippen molar-refractivity contribution >= 4 is 17.5 Å². The third-order valence-electron chi connectivity index (χ3n) is 4.26. The lowest BCUT2D eigenvalue weighted by molar-refractivity contribution is -0.117. The van der Waals surface area contributed by atoms with Crippen LogP contribution in [0.2, 0.25) is 0 Å². The van der Waals surface area contributed by atoms with Crippen LogP contribution in [-0.4, -0.2) is 37.6 Å². The molecule has 0 bridgehead atoms. The van der Waals surface area contributed by atoms with Crippen molar-refractivity contribution in [1.29, 1.82) is 0 Å². The summed E-state index contributed by atoms with van der Waals surface area (Å²) in [4.78, 5) is 24.3. The highest BCUT2D eigenvalue weighted by Crippen LogP contribution is 2.12. The van der Waals surface area contributed by atoms with Gasteiger partial charge in [0, 0.05) is 42.4 Å². The normalized spacial score (nSPS) is 16.6. The van der Waals surface area contributed by atoms with Crippen molar-refractivity contribution < 1.29 is 18.7 Å². The largest absolute Gasteiger partial charge is 0.378 e. The fraction of sp³-hybridized carbons (Fsp3) is 0.300. The summed E-state index contributed by atoms with van der Waals surface area (Å²) in [5, 5.41) is 8.71. The van der Waals surface area contributed by atoms with Gasteiger partial charge >= 0.3 is 0 Å². The predicted molar refractivity (Wildman–Crippen MR) is 99.9 cm³/mol. The first-order chi connectivity index (χ1) is 13.1. The summed E-state index contributed by atoms with van der Waals surface area (Å²) in [6.45, 7) is 2.04. The second kappa shape index (κ2) is 9.25. The van der Waals surface area contributed by atoms with Crippen molar-refractivity contribution in [3.63, 3.8) is 0 Å². The molecular weight excluding hydrogens is 349 g/mol. The van der Waals surface area contributed by atoms with Crippen LogP contribution in [0.1, 0.15) is 22.3 Å². The summed E-state index contributed by atoms with van der Waals surface area (Å²) in [6.07, 6.45) is 0.324. The van der Waals surface area contributed by atoms with Gasteiger partial charge in [0.15, 0.2) is 0 Å². The van der Waals surface area contributed by atoms with Crippen LogP contribution in [0, 0.1) is 5.82 Å². The van der Waals surface area contributed by atoms with Crippen molar-refractivity contribution in [3.8, 4) is 0 Å². The van der Waals surface area contributed by atoms with Crippen molar-refractivity contribution in [3.05, 3.63) is 65.5 Å². The van der Waals surface area contributed by atoms with Crippen LogP contribution in [0.15, 0.2) is 48.5 Å². The molecule has 2 amide bonds. The summed E-state index contributed by atoms with van der Waals surface area (Å²) in [7, 11) is 0. The van der Waals surface area contributed by atoms with Gasteiger partial charge in [-0.05, 0) is 30.3 Å². The lowest BCUT2D eigenvalue weighted by atomic mass is 10.1. The molecule has 3 rings (SSSR count). The molecule has 0 spiro atoms. The maximum atomic E-state index is 13.6. The van der Waals surface area contributed by atoms with Gasteiger partial charge in [-0.2, -0.15) is 0 Å². The molecule has 0 radical (unpaired) electrons. The van der Waals surface area contributed by atoms with Gasteiger partial charge in [-0.25, -0.2) is 4.39 Å². The van der Waals surface area contributed by atoms with Crippen LogP contribution in [0.25, 0.3) is 0 Å². The van der Waals surface area contributed by atoms with E-state index < -0.39 is 0 Å². The molecule has 27 heavy (non-hydrogen) atoms. The highest BCUT2D eigenvalue weighted by atomic mass is 19.1. The van der Waals surface area contributed by atoms with Gasteiger partial charge in [0.1, 0.15) is 5.82 Å². The molecule has 3 N–H and O–H groups in total. The molecule has 7 heteroatoms. The third kappa shape index (κ3) is 5.60. The monoisotopic (exact) mass is 371 g/mol. The molecule has 0 saturated carbocycles. The molecular formula is C20H22FN3O3. The Morgan fingerprint density at radius 2 is 1.93 bits per heavy atom. The minimum Gasteiger partial charge on any atom is -0.378 e. The fourth-order valence-corrected chi connectivity index (χ4v) is 2.81. The SMILES string of the molecule is O=C(CC1COCCN1)Nc1ccc(C(=O)NCc2ccccc2F)cc1. The summed E-state index contributed by atoms with van der Waals surface area (Å²) in [6, 6.07) is 12.9. The number of morpholine rings is 1. The molecule has 1 fully saturated rings. The molecule has 1 unspecified atom stereocenters. The van der Waals surface area contributed by atoms with Gasteiger partial charge in [-0.1, -0.05) is 18.2 Å². The maximum absolute atomic E-state index is 13.6. The van der Waals surface area contributed by atoms with Crippen molar-refractivity contribution in [2.24, 2.45) is 0 Å². The molecule has 142 valence electrons. The van der Waals surface area contributed by atoms with E-state index in [4.69, 9.17) is 4.74 Å². The van der Waals surface area contributed by atoms with Crippen molar-refractivity contribution in [1.82, 2.24) is 10.6 Å². The van der Waals surface area contributed by atoms with E-state index in [1.165, 1.54) is 6.07 Å². The van der Waals surface area contributed by atoms with Crippen LogP contribution in [-0.2, 0) is 16.1 Å². The lowest BCUT2D eigenvalue weighted by Crippen LogP contribution is -2.43. The second-order valence-corrected chi connectivity index (χ2v) is 6.33. The first kappa shape index (κ1) is 19.0. The quantitative estimate of drug-likeness (QED) is 0.726. The van der Waals surface area contributed by atoms with Gasteiger partial charge in [0.25, 0.3) is 5.91 Å². The molecule has 0 aliphatic carbocycles. The van der Waals surface area contributed by atoms with Crippen molar-refractivity contribution in [2.75, 3.05) is 25.1 Å². The molecule has 1 aliphatic rings. The Bertz CT molecular complexity index is 789. The summed E-state index contributed by atoms with van der Waals surface area (Å²) in [5.41, 5.74) is 1.48. The number of hydrogen-bond donors (Lipinski definition) is 3. The van der Waals surface area contributed by atoms with E-state index in [9.17, 15) is 14.0 Å². The maximum Gasteiger partial charge on any atom is 0.251 e. The number of ether oxygens (including phenoxy) is 1. The molecule has 1 heterocycles. The smallest absolute Gasteiger partial charge is 0.251 e. The second-order valence-electron chi connectivity index (χ2n) is 6.33. The molecule has 1 atom stereocenters. The van der Waals surface area contributed by atoms with Crippen LogP contribution >= 0.6 is 0 Å². The summed E-state index contributed by atoms with van der Waals surface area (Å²) < 4.78 is 18.9. The van der Waals surface area contributed by atoms with Crippen LogP contribution < -0.4 is 16.0 Å². The molecule has 2 aromatic carbocycles. The zero-order chi connectivity index (χ0) is 19.1. The van der Waals surface area contributed by atoms with Gasteiger partial charge in [0.2, 0.25) is 5.91 Å². The third-order valence-corrected chi connectivity index (χ3v) is 4.26. The minimum absolute atomic E-state index is 0.0159. The van der Waals surface area contributed by atoms with E-state index in [0.717, 1.165) is 6.54 Å². The molecule has 2 aromatic rings. The number of amides is 2. The number of halogens is 1. The molecule has 6 nitrogen and oxygen atoms in total. The van der Waals surface area contributed by atoms with E-state index in [-0.39, 0.29) is 30.2 Å². The van der Waals surface area contributed by atoms with E-state index >= 15 is 0 Å². The number of hydrogen-bond acceptors (Lipinski definition) is 4. The summed E-state index contributed by atoms with van der Waals surface area (Å²) in [5.74, 6) is -0.775. The van der Waals surface area contributed by atoms with Crippen LogP contribution in [0.3, 0.4) is 0 Å². The van der Waals surface area contributed by atoms with Crippen LogP contribution in [0.5, 0.6) is 0 Å². The molecule has 1 aliphatic heterocycles. The van der Waals surface area contributed by atoms with Gasteiger partial charge in [-0.15, -0.1) is 0 Å². The first-order valence-corrected chi connectivity index (χ1v) is 8.84. The number of carbonyl (C=O) groups is 2. The lowest BCUT2D eigenvalue weighted by Gasteiger charge is -2.23. The van der Waals surface area contributed by atoms with E-state index in [1.54, 1.807) is 42.5 Å². The number of rotatable bonds is 6. The Morgan fingerprint density at radius 1 is 1.15 bits per heavy atom. The molecule has 1 saturated heterocycles. The highest BCUT2D eigenvalue weighted by molar-refractivity contribution is 5.95. The standard InChI is InChI=1S/C20H22FN3O3/c21-18-4-2-1-3-15(18)12-23-20(26)14-5-7-16(8-6-14)24-19(25)11-17-13-27-10-9-22-17/h1-8,17,22H,9-13H2,(H,23,26)(H,24,25). The molecule has 0 aromatic heterocycles.